The van der Waals surface area contributed by atoms with E-state index in [1.807, 2.05) is 13.8 Å². The highest BCUT2D eigenvalue weighted by atomic mass is 35.5. The average Bonchev–Trinajstić information content (AvgIpc) is 3.53. The molecular weight excluding hydrogens is 560 g/mol. The summed E-state index contributed by atoms with van der Waals surface area (Å²) in [6.45, 7) is 7.06. The number of nitrogens with one attached hydrogen (secondary N) is 2. The number of H-pyrrole nitrogens is 1. The lowest BCUT2D eigenvalue weighted by molar-refractivity contribution is -0.113. The number of nitrogens with two attached hydrogens (primary N) is 1. The Balaban J connectivity index is 1.36. The molecule has 0 radical (unpaired) electrons. The Morgan fingerprint density at radius 3 is 2.93 bits per heavy atom. The maximum absolute atomic E-state index is 13.8. The molecule has 1 unspecified atom stereocenters. The molecule has 0 aromatic carbocycles. The predicted octanol–water partition coefficient (Wildman–Crippen LogP) is 2.58. The van der Waals surface area contributed by atoms with Crippen molar-refractivity contribution in [3.8, 4) is 5.75 Å². The van der Waals surface area contributed by atoms with Crippen molar-refractivity contribution < 1.29 is 19.4 Å². The van der Waals surface area contributed by atoms with E-state index < -0.39 is 0 Å². The first-order valence-corrected chi connectivity index (χ1v) is 14.2. The predicted molar refractivity (Wildman–Crippen MR) is 160 cm³/mol. The van der Waals surface area contributed by atoms with E-state index in [1.165, 1.54) is 4.90 Å². The van der Waals surface area contributed by atoms with Crippen molar-refractivity contribution in [2.75, 3.05) is 50.5 Å². The highest BCUT2D eigenvalue weighted by molar-refractivity contribution is 6.41. The van der Waals surface area contributed by atoms with E-state index in [-0.39, 0.29) is 47.5 Å². The summed E-state index contributed by atoms with van der Waals surface area (Å²) in [5.41, 5.74) is 9.86. The molecule has 12 nitrogen and oxygen atoms in total. The van der Waals surface area contributed by atoms with Crippen LogP contribution in [0, 0.1) is 19.8 Å². The molecule has 13 heteroatoms. The number of likely N-dealkylation sites (tertiary alicyclic amines) is 1. The van der Waals surface area contributed by atoms with Crippen molar-refractivity contribution in [1.29, 1.82) is 0 Å². The number of β-amino-alcohol motifs (C(OH)–C–C–N with tert-alkyl or cyclic N) is 1. The zero-order valence-corrected chi connectivity index (χ0v) is 24.7. The molecule has 1 atom stereocenters. The van der Waals surface area contributed by atoms with E-state index >= 15 is 0 Å². The smallest absolute Gasteiger partial charge is 0.260 e. The number of aromatic nitrogens is 4. The van der Waals surface area contributed by atoms with Crippen LogP contribution < -0.4 is 20.7 Å². The van der Waals surface area contributed by atoms with E-state index in [9.17, 15) is 14.7 Å². The van der Waals surface area contributed by atoms with E-state index in [0.29, 0.717) is 47.3 Å². The second kappa shape index (κ2) is 12.5. The fourth-order valence-corrected chi connectivity index (χ4v) is 5.93. The molecular formula is C29H35ClN8O4. The molecule has 3 aromatic heterocycles. The molecule has 1 saturated heterocycles. The van der Waals surface area contributed by atoms with Gasteiger partial charge in [-0.15, -0.1) is 0 Å². The molecule has 2 amide bonds. The molecule has 42 heavy (non-hydrogen) atoms. The minimum absolute atomic E-state index is 0.0537. The second-order valence-corrected chi connectivity index (χ2v) is 11.0. The van der Waals surface area contributed by atoms with Gasteiger partial charge in [-0.2, -0.15) is 4.98 Å². The number of hydrogen-bond donors (Lipinski definition) is 4. The average molecular weight is 595 g/mol. The summed E-state index contributed by atoms with van der Waals surface area (Å²) < 4.78 is 5.53. The van der Waals surface area contributed by atoms with Gasteiger partial charge in [0.2, 0.25) is 5.95 Å². The standard InChI is InChI=1S/C29H35ClN8O4/c1-16-11-33-22(17(2)24(16)42-3)15-38-26-23(25(30)35-29(31)36-26)21(28(38)41)10-20-9-19(13-32-20)27(40)34-12-18-5-4-6-37(14-18)7-8-39/h9-11,13,18,32,39H,4-8,12,14-15H2,1-3H3,(H,34,40)(H2,31,35,36)/b21-10-. The Morgan fingerprint density at radius 1 is 1.36 bits per heavy atom. The highest BCUT2D eigenvalue weighted by Gasteiger charge is 2.37. The number of anilines is 2. The van der Waals surface area contributed by atoms with E-state index in [4.69, 9.17) is 22.1 Å². The van der Waals surface area contributed by atoms with Crippen molar-refractivity contribution in [3.05, 3.63) is 57.3 Å². The van der Waals surface area contributed by atoms with Gasteiger partial charge in [0.1, 0.15) is 10.9 Å². The van der Waals surface area contributed by atoms with Crippen molar-refractivity contribution >= 4 is 46.8 Å². The van der Waals surface area contributed by atoms with Gasteiger partial charge in [-0.1, -0.05) is 11.6 Å². The quantitative estimate of drug-likeness (QED) is 0.215. The summed E-state index contributed by atoms with van der Waals surface area (Å²) in [5.74, 6) is 0.703. The number of amides is 2. The lowest BCUT2D eigenvalue weighted by Gasteiger charge is -2.32. The number of aromatic amines is 1. The van der Waals surface area contributed by atoms with Gasteiger partial charge in [-0.3, -0.25) is 19.5 Å². The lowest BCUT2D eigenvalue weighted by Crippen LogP contribution is -2.41. The fraction of sp³-hybridized carbons (Fsp3) is 0.414. The maximum Gasteiger partial charge on any atom is 0.260 e. The Kier molecular flexibility index (Phi) is 8.76. The molecule has 3 aromatic rings. The summed E-state index contributed by atoms with van der Waals surface area (Å²) in [4.78, 5) is 46.4. The van der Waals surface area contributed by atoms with E-state index in [0.717, 1.165) is 37.1 Å². The minimum Gasteiger partial charge on any atom is -0.496 e. The van der Waals surface area contributed by atoms with Crippen LogP contribution in [0.1, 0.15) is 51.3 Å². The fourth-order valence-electron chi connectivity index (χ4n) is 5.66. The number of nitrogen functional groups attached to an aromatic ring is 1. The number of carbonyl (C=O) groups is 2. The number of fused-ring (bicyclic) bond motifs is 1. The number of ether oxygens (including phenoxy) is 1. The number of pyridine rings is 1. The van der Waals surface area contributed by atoms with Crippen LogP contribution in [0.3, 0.4) is 0 Å². The molecule has 0 aliphatic carbocycles. The number of methoxy groups -OCH3 is 1. The maximum atomic E-state index is 13.8. The number of aliphatic hydroxyl groups excluding tert-OH is 1. The molecule has 5 N–H and O–H groups in total. The van der Waals surface area contributed by atoms with E-state index in [2.05, 4.69) is 30.2 Å². The van der Waals surface area contributed by atoms with Crippen molar-refractivity contribution in [3.63, 3.8) is 0 Å². The number of halogens is 1. The zero-order valence-electron chi connectivity index (χ0n) is 23.9. The molecule has 0 saturated carbocycles. The van der Waals surface area contributed by atoms with Crippen molar-refractivity contribution in [2.45, 2.75) is 33.2 Å². The first-order chi connectivity index (χ1) is 20.2. The Hall–Kier alpha value is -4.00. The van der Waals surface area contributed by atoms with Crippen LogP contribution in [0.4, 0.5) is 11.8 Å². The Morgan fingerprint density at radius 2 is 2.17 bits per heavy atom. The molecule has 5 rings (SSSR count). The van der Waals surface area contributed by atoms with Crippen LogP contribution in [0.15, 0.2) is 18.5 Å². The Bertz CT molecular complexity index is 1540. The number of piperidine rings is 1. The van der Waals surface area contributed by atoms with E-state index in [1.54, 1.807) is 31.6 Å². The van der Waals surface area contributed by atoms with Gasteiger partial charge in [0.25, 0.3) is 11.8 Å². The SMILES string of the molecule is COc1c(C)cnc(CN2C(=O)/C(=C\c3cc(C(=O)NCC4CCCN(CCO)C4)c[nH]3)c3c(Cl)nc(N)nc32)c1C. The number of hydrogen-bond acceptors (Lipinski definition) is 9. The number of rotatable bonds is 9. The molecule has 0 spiro atoms. The number of aliphatic hydroxyl groups is 1. The van der Waals surface area contributed by atoms with Crippen molar-refractivity contribution in [2.24, 2.45) is 5.92 Å². The third-order valence-corrected chi connectivity index (χ3v) is 8.03. The molecule has 1 fully saturated rings. The van der Waals surface area contributed by atoms with Crippen LogP contribution in [0.2, 0.25) is 5.15 Å². The number of aryl methyl sites for hydroxylation is 1. The lowest BCUT2D eigenvalue weighted by atomic mass is 9.98. The van der Waals surface area contributed by atoms with Gasteiger partial charge in [0.05, 0.1) is 42.7 Å². The zero-order chi connectivity index (χ0) is 30.0. The first-order valence-electron chi connectivity index (χ1n) is 13.9. The molecule has 5 heterocycles. The largest absolute Gasteiger partial charge is 0.496 e. The van der Waals surface area contributed by atoms with Gasteiger partial charge in [0, 0.05) is 48.8 Å². The van der Waals surface area contributed by atoms with Crippen LogP contribution in [0.25, 0.3) is 11.6 Å². The van der Waals surface area contributed by atoms with Gasteiger partial charge < -0.3 is 30.8 Å². The van der Waals surface area contributed by atoms with Crippen LogP contribution in [0.5, 0.6) is 5.75 Å². The summed E-state index contributed by atoms with van der Waals surface area (Å²) in [6.07, 6.45) is 7.01. The molecule has 222 valence electrons. The van der Waals surface area contributed by atoms with Crippen LogP contribution in [-0.2, 0) is 11.3 Å². The van der Waals surface area contributed by atoms with Gasteiger partial charge >= 0.3 is 0 Å². The third kappa shape index (κ3) is 5.96. The summed E-state index contributed by atoms with van der Waals surface area (Å²) >= 11 is 6.49. The van der Waals surface area contributed by atoms with Gasteiger partial charge in [-0.05, 0) is 51.3 Å². The van der Waals surface area contributed by atoms with Crippen molar-refractivity contribution in [1.82, 2.24) is 30.2 Å². The summed E-state index contributed by atoms with van der Waals surface area (Å²) in [6, 6.07) is 1.68. The summed E-state index contributed by atoms with van der Waals surface area (Å²) in [7, 11) is 1.59. The number of nitrogens with zero attached hydrogens (tertiary/aromatic N) is 5. The monoisotopic (exact) mass is 594 g/mol. The summed E-state index contributed by atoms with van der Waals surface area (Å²) in [5, 5.41) is 12.3. The topological polar surface area (TPSA) is 163 Å². The molecule has 2 aliphatic heterocycles. The van der Waals surface area contributed by atoms with Crippen LogP contribution in [-0.4, -0.2) is 81.7 Å². The minimum atomic E-state index is -0.349. The highest BCUT2D eigenvalue weighted by Crippen LogP contribution is 2.41. The third-order valence-electron chi connectivity index (χ3n) is 7.76. The van der Waals surface area contributed by atoms with Crippen LogP contribution >= 0.6 is 11.6 Å². The molecule has 0 bridgehead atoms. The normalized spacial score (nSPS) is 18.0. The first kappa shape index (κ1) is 29.5. The number of carbonyl (C=O) groups excluding carboxylic acids is 2. The Labute approximate surface area is 248 Å². The van der Waals surface area contributed by atoms with Gasteiger partial charge in [-0.25, -0.2) is 4.98 Å². The second-order valence-electron chi connectivity index (χ2n) is 10.7. The molecule has 2 aliphatic rings. The van der Waals surface area contributed by atoms with Gasteiger partial charge in [0.15, 0.2) is 5.82 Å².